The lowest BCUT2D eigenvalue weighted by atomic mass is 10.0. The molecular weight excluding hydrogens is 252 g/mol. The Bertz CT molecular complexity index is 462. The Balaban J connectivity index is 1.86. The molecule has 2 N–H and O–H groups in total. The molecule has 1 aliphatic heterocycles. The van der Waals surface area contributed by atoms with Gasteiger partial charge in [0.1, 0.15) is 0 Å². The van der Waals surface area contributed by atoms with E-state index >= 15 is 0 Å². The van der Waals surface area contributed by atoms with Gasteiger partial charge in [-0.2, -0.15) is 0 Å². The molecule has 0 bridgehead atoms. The van der Waals surface area contributed by atoms with Gasteiger partial charge < -0.3 is 10.4 Å². The zero-order valence-electron chi connectivity index (χ0n) is 12.3. The molecule has 4 heteroatoms. The monoisotopic (exact) mass is 276 g/mol. The second kappa shape index (κ2) is 6.86. The minimum atomic E-state index is -0.287. The number of nitrogens with zero attached hydrogens (tertiary/aromatic N) is 1. The molecule has 2 atom stereocenters. The largest absolute Gasteiger partial charge is 0.392 e. The normalized spacial score (nSPS) is 21.4. The zero-order chi connectivity index (χ0) is 14.5. The SMILES string of the molecule is Cc1ccccc1C(C)NC(=O)CN1CCC[C@H](O)C1. The van der Waals surface area contributed by atoms with Crippen LogP contribution in [0.3, 0.4) is 0 Å². The first-order valence-corrected chi connectivity index (χ1v) is 7.31. The number of amides is 1. The van der Waals surface area contributed by atoms with Crippen LogP contribution in [0.4, 0.5) is 0 Å². The quantitative estimate of drug-likeness (QED) is 0.879. The number of likely N-dealkylation sites (tertiary alicyclic amines) is 1. The van der Waals surface area contributed by atoms with Crippen LogP contribution in [-0.4, -0.2) is 41.7 Å². The van der Waals surface area contributed by atoms with Crippen LogP contribution in [0.5, 0.6) is 0 Å². The van der Waals surface area contributed by atoms with E-state index in [2.05, 4.69) is 18.3 Å². The molecule has 20 heavy (non-hydrogen) atoms. The molecule has 1 aromatic carbocycles. The summed E-state index contributed by atoms with van der Waals surface area (Å²) in [5, 5.41) is 12.7. The molecule has 1 saturated heterocycles. The highest BCUT2D eigenvalue weighted by atomic mass is 16.3. The van der Waals surface area contributed by atoms with E-state index in [0.717, 1.165) is 24.9 Å². The predicted octanol–water partition coefficient (Wildman–Crippen LogP) is 1.63. The molecule has 1 amide bonds. The Morgan fingerprint density at radius 1 is 1.50 bits per heavy atom. The lowest BCUT2D eigenvalue weighted by Gasteiger charge is -2.29. The molecule has 1 fully saturated rings. The average molecular weight is 276 g/mol. The van der Waals surface area contributed by atoms with Gasteiger partial charge in [0.2, 0.25) is 5.91 Å². The van der Waals surface area contributed by atoms with Crippen LogP contribution < -0.4 is 5.32 Å². The van der Waals surface area contributed by atoms with Crippen LogP contribution in [0, 0.1) is 6.92 Å². The van der Waals surface area contributed by atoms with Gasteiger partial charge in [-0.05, 0) is 44.4 Å². The zero-order valence-corrected chi connectivity index (χ0v) is 12.3. The van der Waals surface area contributed by atoms with E-state index in [1.165, 1.54) is 5.56 Å². The average Bonchev–Trinajstić information content (AvgIpc) is 2.38. The Morgan fingerprint density at radius 2 is 2.25 bits per heavy atom. The third-order valence-corrected chi connectivity index (χ3v) is 3.88. The Morgan fingerprint density at radius 3 is 2.95 bits per heavy atom. The van der Waals surface area contributed by atoms with Crippen molar-refractivity contribution in [3.05, 3.63) is 35.4 Å². The van der Waals surface area contributed by atoms with Crippen molar-refractivity contribution >= 4 is 5.91 Å². The molecule has 0 saturated carbocycles. The minimum Gasteiger partial charge on any atom is -0.392 e. The summed E-state index contributed by atoms with van der Waals surface area (Å²) < 4.78 is 0. The summed E-state index contributed by atoms with van der Waals surface area (Å²) in [7, 11) is 0. The summed E-state index contributed by atoms with van der Waals surface area (Å²) in [6.45, 7) is 5.92. The van der Waals surface area contributed by atoms with E-state index in [9.17, 15) is 9.90 Å². The molecule has 0 radical (unpaired) electrons. The molecule has 0 aliphatic carbocycles. The maximum absolute atomic E-state index is 12.1. The van der Waals surface area contributed by atoms with Crippen molar-refractivity contribution in [1.29, 1.82) is 0 Å². The Kier molecular flexibility index (Phi) is 5.15. The fourth-order valence-electron chi connectivity index (χ4n) is 2.82. The van der Waals surface area contributed by atoms with Gasteiger partial charge in [-0.25, -0.2) is 0 Å². The number of aryl methyl sites for hydroxylation is 1. The first kappa shape index (κ1) is 15.0. The highest BCUT2D eigenvalue weighted by Crippen LogP contribution is 2.16. The van der Waals surface area contributed by atoms with E-state index < -0.39 is 0 Å². The maximum Gasteiger partial charge on any atom is 0.234 e. The molecule has 110 valence electrons. The molecule has 1 heterocycles. The predicted molar refractivity (Wildman–Crippen MR) is 79.4 cm³/mol. The number of rotatable bonds is 4. The van der Waals surface area contributed by atoms with Gasteiger partial charge in [-0.15, -0.1) is 0 Å². The fourth-order valence-corrected chi connectivity index (χ4v) is 2.82. The number of aliphatic hydroxyl groups is 1. The fraction of sp³-hybridized carbons (Fsp3) is 0.562. The van der Waals surface area contributed by atoms with Crippen molar-refractivity contribution in [2.24, 2.45) is 0 Å². The first-order valence-electron chi connectivity index (χ1n) is 7.31. The van der Waals surface area contributed by atoms with Crippen molar-refractivity contribution in [1.82, 2.24) is 10.2 Å². The van der Waals surface area contributed by atoms with Crippen LogP contribution in [0.25, 0.3) is 0 Å². The van der Waals surface area contributed by atoms with Crippen LogP contribution in [-0.2, 0) is 4.79 Å². The molecule has 1 aromatic rings. The minimum absolute atomic E-state index is 0.0124. The summed E-state index contributed by atoms with van der Waals surface area (Å²) in [6.07, 6.45) is 1.52. The van der Waals surface area contributed by atoms with E-state index in [1.807, 2.05) is 30.0 Å². The van der Waals surface area contributed by atoms with Crippen molar-refractivity contribution < 1.29 is 9.90 Å². The summed E-state index contributed by atoms with van der Waals surface area (Å²) in [5.41, 5.74) is 2.34. The van der Waals surface area contributed by atoms with Gasteiger partial charge in [0.25, 0.3) is 0 Å². The number of piperidine rings is 1. The number of β-amino-alcohol motifs (C(OH)–C–C–N with tert-alkyl or cyclic N) is 1. The number of benzene rings is 1. The van der Waals surface area contributed by atoms with Crippen LogP contribution in [0.1, 0.15) is 36.9 Å². The lowest BCUT2D eigenvalue weighted by molar-refractivity contribution is -0.123. The molecule has 2 rings (SSSR count). The second-order valence-corrected chi connectivity index (χ2v) is 5.68. The highest BCUT2D eigenvalue weighted by molar-refractivity contribution is 5.78. The number of hydrogen-bond donors (Lipinski definition) is 2. The van der Waals surface area contributed by atoms with E-state index in [-0.39, 0.29) is 18.1 Å². The van der Waals surface area contributed by atoms with Gasteiger partial charge in [0.15, 0.2) is 0 Å². The molecular formula is C16H24N2O2. The van der Waals surface area contributed by atoms with E-state index in [0.29, 0.717) is 13.1 Å². The second-order valence-electron chi connectivity index (χ2n) is 5.68. The van der Waals surface area contributed by atoms with Gasteiger partial charge in [-0.3, -0.25) is 9.69 Å². The molecule has 1 aliphatic rings. The molecule has 0 aromatic heterocycles. The maximum atomic E-state index is 12.1. The Hall–Kier alpha value is -1.39. The van der Waals surface area contributed by atoms with Crippen LogP contribution in [0.15, 0.2) is 24.3 Å². The standard InChI is InChI=1S/C16H24N2O2/c1-12-6-3-4-8-15(12)13(2)17-16(20)11-18-9-5-7-14(19)10-18/h3-4,6,8,13-14,19H,5,7,9-11H2,1-2H3,(H,17,20)/t13?,14-/m0/s1. The van der Waals surface area contributed by atoms with Crippen molar-refractivity contribution in [2.75, 3.05) is 19.6 Å². The summed E-state index contributed by atoms with van der Waals surface area (Å²) in [6, 6.07) is 8.11. The third-order valence-electron chi connectivity index (χ3n) is 3.88. The number of hydrogen-bond acceptors (Lipinski definition) is 3. The van der Waals surface area contributed by atoms with Gasteiger partial charge in [0.05, 0.1) is 18.7 Å². The highest BCUT2D eigenvalue weighted by Gasteiger charge is 2.20. The van der Waals surface area contributed by atoms with E-state index in [4.69, 9.17) is 0 Å². The number of nitrogens with one attached hydrogen (secondary N) is 1. The summed E-state index contributed by atoms with van der Waals surface area (Å²) in [4.78, 5) is 14.1. The first-order chi connectivity index (χ1) is 9.56. The summed E-state index contributed by atoms with van der Waals surface area (Å²) in [5.74, 6) is 0.0230. The van der Waals surface area contributed by atoms with Crippen molar-refractivity contribution in [2.45, 2.75) is 38.8 Å². The number of aliphatic hydroxyl groups excluding tert-OH is 1. The van der Waals surface area contributed by atoms with Crippen LogP contribution >= 0.6 is 0 Å². The lowest BCUT2D eigenvalue weighted by Crippen LogP contribution is -2.44. The van der Waals surface area contributed by atoms with Gasteiger partial charge in [0, 0.05) is 6.54 Å². The smallest absolute Gasteiger partial charge is 0.234 e. The topological polar surface area (TPSA) is 52.6 Å². The molecule has 4 nitrogen and oxygen atoms in total. The molecule has 0 spiro atoms. The number of carbonyl (C=O) groups excluding carboxylic acids is 1. The Labute approximate surface area is 120 Å². The summed E-state index contributed by atoms with van der Waals surface area (Å²) >= 11 is 0. The van der Waals surface area contributed by atoms with Gasteiger partial charge in [-0.1, -0.05) is 24.3 Å². The van der Waals surface area contributed by atoms with Crippen molar-refractivity contribution in [3.63, 3.8) is 0 Å². The molecule has 1 unspecified atom stereocenters. The van der Waals surface area contributed by atoms with Gasteiger partial charge >= 0.3 is 0 Å². The van der Waals surface area contributed by atoms with Crippen molar-refractivity contribution in [3.8, 4) is 0 Å². The van der Waals surface area contributed by atoms with E-state index in [1.54, 1.807) is 0 Å². The van der Waals surface area contributed by atoms with Crippen LogP contribution in [0.2, 0.25) is 0 Å². The number of carbonyl (C=O) groups is 1. The third kappa shape index (κ3) is 4.05.